The summed E-state index contributed by atoms with van der Waals surface area (Å²) in [5.74, 6) is 0.322. The van der Waals surface area contributed by atoms with E-state index in [4.69, 9.17) is 5.11 Å². The smallest absolute Gasteiger partial charge is 0.115 e. The summed E-state index contributed by atoms with van der Waals surface area (Å²) < 4.78 is 0. The third-order valence-electron chi connectivity index (χ3n) is 3.21. The lowest BCUT2D eigenvalue weighted by molar-refractivity contribution is 0.186. The van der Waals surface area contributed by atoms with Gasteiger partial charge in [0, 0.05) is 0 Å². The van der Waals surface area contributed by atoms with Crippen molar-refractivity contribution in [1.29, 1.82) is 0 Å². The van der Waals surface area contributed by atoms with Gasteiger partial charge in [-0.15, -0.1) is 0 Å². The first-order chi connectivity index (χ1) is 10.3. The molecule has 0 saturated heterocycles. The van der Waals surface area contributed by atoms with Gasteiger partial charge in [-0.25, -0.2) is 5.11 Å². The molecule has 0 aliphatic rings. The van der Waals surface area contributed by atoms with Crippen LogP contribution in [0.4, 0.5) is 0 Å². The third kappa shape index (κ3) is 9.69. The summed E-state index contributed by atoms with van der Waals surface area (Å²) in [6.45, 7) is 0.0959. The normalized spacial score (nSPS) is 9.76. The van der Waals surface area contributed by atoms with Crippen molar-refractivity contribution in [2.24, 2.45) is 0 Å². The van der Waals surface area contributed by atoms with E-state index in [9.17, 15) is 5.11 Å². The first kappa shape index (κ1) is 17.3. The summed E-state index contributed by atoms with van der Waals surface area (Å²) >= 11 is 0. The van der Waals surface area contributed by atoms with Crippen LogP contribution in [0.3, 0.4) is 0 Å². The van der Waals surface area contributed by atoms with E-state index in [2.05, 4.69) is 30.3 Å². The maximum absolute atomic E-state index is 10.2. The highest BCUT2D eigenvalue weighted by molar-refractivity contribution is 5.18. The van der Waals surface area contributed by atoms with Crippen molar-refractivity contribution in [3.63, 3.8) is 0 Å². The SMILES string of the molecule is Oc1ccccc1.[O]CCCCCCCc1ccccc1. The number of hydrogen-bond acceptors (Lipinski definition) is 1. The van der Waals surface area contributed by atoms with Gasteiger partial charge in [0.1, 0.15) is 5.75 Å². The Balaban J connectivity index is 0.000000262. The first-order valence-electron chi connectivity index (χ1n) is 7.69. The minimum atomic E-state index is 0.0959. The predicted octanol–water partition coefficient (Wildman–Crippen LogP) is 5.00. The average Bonchev–Trinajstić information content (AvgIpc) is 2.53. The molecule has 113 valence electrons. The number of unbranched alkanes of at least 4 members (excludes halogenated alkanes) is 4. The van der Waals surface area contributed by atoms with Gasteiger partial charge in [0.25, 0.3) is 0 Å². The fourth-order valence-electron chi connectivity index (χ4n) is 2.03. The van der Waals surface area contributed by atoms with Gasteiger partial charge >= 0.3 is 0 Å². The van der Waals surface area contributed by atoms with Crippen molar-refractivity contribution >= 4 is 0 Å². The topological polar surface area (TPSA) is 40.1 Å². The molecule has 0 unspecified atom stereocenters. The minimum absolute atomic E-state index is 0.0959. The van der Waals surface area contributed by atoms with E-state index in [0.717, 1.165) is 12.8 Å². The molecule has 0 saturated carbocycles. The largest absolute Gasteiger partial charge is 0.508 e. The molecule has 2 heteroatoms. The maximum Gasteiger partial charge on any atom is 0.115 e. The van der Waals surface area contributed by atoms with Crippen molar-refractivity contribution < 1.29 is 10.2 Å². The second-order valence-corrected chi connectivity index (χ2v) is 5.04. The summed E-state index contributed by atoms with van der Waals surface area (Å²) in [4.78, 5) is 0. The molecule has 2 aromatic rings. The van der Waals surface area contributed by atoms with Crippen LogP contribution in [0.25, 0.3) is 0 Å². The van der Waals surface area contributed by atoms with Crippen LogP contribution >= 0.6 is 0 Å². The van der Waals surface area contributed by atoms with E-state index in [1.807, 2.05) is 6.07 Å². The lowest BCUT2D eigenvalue weighted by atomic mass is 10.1. The minimum Gasteiger partial charge on any atom is -0.508 e. The number of aryl methyl sites for hydroxylation is 1. The highest BCUT2D eigenvalue weighted by atomic mass is 16.3. The average molecular weight is 285 g/mol. The zero-order valence-electron chi connectivity index (χ0n) is 12.6. The zero-order chi connectivity index (χ0) is 15.2. The van der Waals surface area contributed by atoms with E-state index in [0.29, 0.717) is 5.75 Å². The summed E-state index contributed by atoms with van der Waals surface area (Å²) in [5.41, 5.74) is 1.43. The van der Waals surface area contributed by atoms with E-state index in [-0.39, 0.29) is 6.61 Å². The van der Waals surface area contributed by atoms with Gasteiger partial charge in [-0.05, 0) is 37.0 Å². The molecular formula is C19H25O2. The fourth-order valence-corrected chi connectivity index (χ4v) is 2.03. The number of phenolic OH excluding ortho intramolecular Hbond substituents is 1. The molecule has 0 heterocycles. The van der Waals surface area contributed by atoms with Crippen molar-refractivity contribution in [2.75, 3.05) is 6.61 Å². The Morgan fingerprint density at radius 3 is 1.71 bits per heavy atom. The Morgan fingerprint density at radius 2 is 1.19 bits per heavy atom. The molecule has 1 radical (unpaired) electrons. The molecule has 0 aromatic heterocycles. The molecule has 21 heavy (non-hydrogen) atoms. The van der Waals surface area contributed by atoms with Crippen molar-refractivity contribution in [3.8, 4) is 5.75 Å². The molecular weight excluding hydrogens is 260 g/mol. The van der Waals surface area contributed by atoms with Crippen molar-refractivity contribution in [1.82, 2.24) is 0 Å². The number of benzene rings is 2. The first-order valence-corrected chi connectivity index (χ1v) is 7.69. The van der Waals surface area contributed by atoms with Gasteiger partial charge in [0.2, 0.25) is 0 Å². The van der Waals surface area contributed by atoms with Gasteiger partial charge in [0.15, 0.2) is 0 Å². The number of phenols is 1. The van der Waals surface area contributed by atoms with Gasteiger partial charge < -0.3 is 5.11 Å². The molecule has 0 fully saturated rings. The van der Waals surface area contributed by atoms with E-state index < -0.39 is 0 Å². The summed E-state index contributed by atoms with van der Waals surface area (Å²) in [6, 6.07) is 19.3. The van der Waals surface area contributed by atoms with Crippen LogP contribution in [0, 0.1) is 0 Å². The summed E-state index contributed by atoms with van der Waals surface area (Å²) in [7, 11) is 0. The fraction of sp³-hybridized carbons (Fsp3) is 0.368. The number of hydrogen-bond donors (Lipinski definition) is 1. The molecule has 2 aromatic carbocycles. The van der Waals surface area contributed by atoms with Crippen LogP contribution in [0.15, 0.2) is 60.7 Å². The monoisotopic (exact) mass is 285 g/mol. The quantitative estimate of drug-likeness (QED) is 0.714. The molecule has 0 aliphatic carbocycles. The number of para-hydroxylation sites is 1. The standard InChI is InChI=1S/C13H19O.C6H6O/c14-12-8-3-1-2-5-9-13-10-6-4-7-11-13;7-6-4-2-1-3-5-6/h4,6-7,10-11H,1-3,5,8-9,12H2;1-5,7H. The van der Waals surface area contributed by atoms with Crippen LogP contribution < -0.4 is 0 Å². The van der Waals surface area contributed by atoms with Gasteiger partial charge in [0.05, 0.1) is 6.61 Å². The van der Waals surface area contributed by atoms with Crippen molar-refractivity contribution in [2.45, 2.75) is 38.5 Å². The Bertz CT molecular complexity index is 440. The lowest BCUT2D eigenvalue weighted by Crippen LogP contribution is -1.86. The molecule has 0 amide bonds. The van der Waals surface area contributed by atoms with E-state index in [1.54, 1.807) is 24.3 Å². The molecule has 2 nitrogen and oxygen atoms in total. The van der Waals surface area contributed by atoms with Gasteiger partial charge in [-0.2, -0.15) is 0 Å². The Kier molecular flexibility index (Phi) is 9.84. The van der Waals surface area contributed by atoms with Crippen LogP contribution in [0.2, 0.25) is 0 Å². The number of aromatic hydroxyl groups is 1. The molecule has 0 aliphatic heterocycles. The highest BCUT2D eigenvalue weighted by Crippen LogP contribution is 2.08. The van der Waals surface area contributed by atoms with Crippen LogP contribution in [0.1, 0.15) is 37.7 Å². The molecule has 0 bridgehead atoms. The van der Waals surface area contributed by atoms with E-state index in [1.165, 1.54) is 31.2 Å². The van der Waals surface area contributed by atoms with Crippen LogP contribution in [0.5, 0.6) is 5.75 Å². The predicted molar refractivity (Wildman–Crippen MR) is 86.9 cm³/mol. The molecule has 1 N–H and O–H groups in total. The lowest BCUT2D eigenvalue weighted by Gasteiger charge is -2.00. The number of rotatable bonds is 7. The van der Waals surface area contributed by atoms with Crippen LogP contribution in [-0.2, 0) is 11.5 Å². The summed E-state index contributed by atoms with van der Waals surface area (Å²) in [6.07, 6.45) is 6.87. The Hall–Kier alpha value is -1.80. The van der Waals surface area contributed by atoms with Gasteiger partial charge in [-0.3, -0.25) is 0 Å². The third-order valence-corrected chi connectivity index (χ3v) is 3.21. The molecule has 0 spiro atoms. The molecule has 2 rings (SSSR count). The second-order valence-electron chi connectivity index (χ2n) is 5.04. The van der Waals surface area contributed by atoms with E-state index >= 15 is 0 Å². The van der Waals surface area contributed by atoms with Crippen molar-refractivity contribution in [3.05, 3.63) is 66.2 Å². The Labute approximate surface area is 128 Å². The maximum atomic E-state index is 10.2. The van der Waals surface area contributed by atoms with Gasteiger partial charge in [-0.1, -0.05) is 67.8 Å². The van der Waals surface area contributed by atoms with Crippen LogP contribution in [-0.4, -0.2) is 11.7 Å². The molecule has 0 atom stereocenters. The highest BCUT2D eigenvalue weighted by Gasteiger charge is 1.92. The Morgan fingerprint density at radius 1 is 0.667 bits per heavy atom. The zero-order valence-corrected chi connectivity index (χ0v) is 12.6. The second kappa shape index (κ2) is 12.0. The summed E-state index contributed by atoms with van der Waals surface area (Å²) in [5, 5.41) is 18.8.